The lowest BCUT2D eigenvalue weighted by Gasteiger charge is -2.14. The van der Waals surface area contributed by atoms with E-state index in [1.54, 1.807) is 0 Å². The molecule has 0 bridgehead atoms. The van der Waals surface area contributed by atoms with Crippen molar-refractivity contribution in [1.82, 2.24) is 0 Å². The summed E-state index contributed by atoms with van der Waals surface area (Å²) in [5, 5.41) is -0.730. The summed E-state index contributed by atoms with van der Waals surface area (Å²) >= 11 is 11.9. The van der Waals surface area contributed by atoms with Gasteiger partial charge < -0.3 is 9.47 Å². The second kappa shape index (κ2) is 6.43. The van der Waals surface area contributed by atoms with Crippen molar-refractivity contribution in [1.29, 1.82) is 0 Å². The van der Waals surface area contributed by atoms with E-state index in [0.717, 1.165) is 0 Å². The molecule has 2 rings (SSSR count). The second-order valence-corrected chi connectivity index (χ2v) is 7.89. The molecule has 3 nitrogen and oxygen atoms in total. The zero-order chi connectivity index (χ0) is 18.4. The first kappa shape index (κ1) is 19.4. The Labute approximate surface area is 150 Å². The van der Waals surface area contributed by atoms with E-state index in [2.05, 4.69) is 0 Å². The molecular weight excluding hydrogens is 361 g/mol. The minimum atomic E-state index is -0.960. The molecule has 0 aromatic heterocycles. The lowest BCUT2D eigenvalue weighted by molar-refractivity contribution is -0.148. The largest absolute Gasteiger partial charge is 0.460 e. The minimum absolute atomic E-state index is 0.0854. The van der Waals surface area contributed by atoms with Crippen molar-refractivity contribution in [3.8, 4) is 0 Å². The average molecular weight is 381 g/mol. The van der Waals surface area contributed by atoms with E-state index in [1.807, 2.05) is 27.7 Å². The molecule has 1 saturated carbocycles. The number of carbonyl (C=O) groups excluding carboxylic acids is 1. The van der Waals surface area contributed by atoms with E-state index in [1.165, 1.54) is 7.11 Å². The van der Waals surface area contributed by atoms with Gasteiger partial charge in [-0.15, -0.1) is 0 Å². The first-order chi connectivity index (χ1) is 11.0. The fourth-order valence-electron chi connectivity index (χ4n) is 3.13. The number of hydrogen-bond donors (Lipinski definition) is 0. The number of halogens is 4. The van der Waals surface area contributed by atoms with Crippen LogP contribution in [0.1, 0.15) is 38.8 Å². The lowest BCUT2D eigenvalue weighted by Crippen LogP contribution is -2.13. The van der Waals surface area contributed by atoms with Crippen molar-refractivity contribution in [2.24, 2.45) is 16.7 Å². The van der Waals surface area contributed by atoms with Crippen LogP contribution in [-0.4, -0.2) is 13.1 Å². The SMILES string of the molecule is COCc1c(F)c(Cl)c(COC(=O)C2C(C)(C)C2(C)C)c(Cl)c1F. The smallest absolute Gasteiger partial charge is 0.310 e. The Morgan fingerprint density at radius 1 is 1.00 bits per heavy atom. The van der Waals surface area contributed by atoms with E-state index in [-0.39, 0.29) is 51.1 Å². The molecule has 0 amide bonds. The van der Waals surface area contributed by atoms with Crippen LogP contribution >= 0.6 is 23.2 Å². The van der Waals surface area contributed by atoms with Crippen molar-refractivity contribution < 1.29 is 23.0 Å². The maximum atomic E-state index is 14.2. The van der Waals surface area contributed by atoms with Gasteiger partial charge in [-0.25, -0.2) is 8.78 Å². The van der Waals surface area contributed by atoms with E-state index in [0.29, 0.717) is 0 Å². The summed E-state index contributed by atoms with van der Waals surface area (Å²) in [4.78, 5) is 12.3. The molecule has 0 unspecified atom stereocenters. The minimum Gasteiger partial charge on any atom is -0.460 e. The number of carbonyl (C=O) groups is 1. The van der Waals surface area contributed by atoms with Gasteiger partial charge in [0.1, 0.15) is 6.61 Å². The number of esters is 1. The van der Waals surface area contributed by atoms with E-state index in [4.69, 9.17) is 32.7 Å². The molecule has 0 aliphatic heterocycles. The number of methoxy groups -OCH3 is 1. The van der Waals surface area contributed by atoms with Crippen molar-refractivity contribution in [2.75, 3.05) is 7.11 Å². The third-order valence-electron chi connectivity index (χ3n) is 5.35. The number of rotatable bonds is 5. The number of hydrogen-bond acceptors (Lipinski definition) is 3. The third kappa shape index (κ3) is 2.91. The Balaban J connectivity index is 2.21. The summed E-state index contributed by atoms with van der Waals surface area (Å²) < 4.78 is 38.3. The van der Waals surface area contributed by atoms with Crippen LogP contribution < -0.4 is 0 Å². The van der Waals surface area contributed by atoms with Crippen LogP contribution in [0.3, 0.4) is 0 Å². The fraction of sp³-hybridized carbons (Fsp3) is 0.588. The topological polar surface area (TPSA) is 35.5 Å². The van der Waals surface area contributed by atoms with E-state index in [9.17, 15) is 13.6 Å². The number of benzene rings is 1. The Kier molecular flexibility index (Phi) is 5.20. The summed E-state index contributed by atoms with van der Waals surface area (Å²) in [7, 11) is 1.30. The Bertz CT molecular complexity index is 644. The van der Waals surface area contributed by atoms with Gasteiger partial charge in [-0.2, -0.15) is 0 Å². The normalized spacial score (nSPS) is 18.5. The standard InChI is InChI=1S/C17H20Cl2F2O3/c1-16(2)14(17(16,3)4)15(22)24-7-8-10(18)12(20)9(6-23-5)13(21)11(8)19/h14H,6-7H2,1-5H3. The van der Waals surface area contributed by atoms with Crippen LogP contribution in [0, 0.1) is 28.4 Å². The van der Waals surface area contributed by atoms with E-state index < -0.39 is 17.6 Å². The zero-order valence-electron chi connectivity index (χ0n) is 14.2. The molecule has 24 heavy (non-hydrogen) atoms. The van der Waals surface area contributed by atoms with Crippen LogP contribution in [0.5, 0.6) is 0 Å². The van der Waals surface area contributed by atoms with Gasteiger partial charge in [-0.1, -0.05) is 50.9 Å². The predicted molar refractivity (Wildman–Crippen MR) is 87.9 cm³/mol. The molecule has 0 N–H and O–H groups in total. The van der Waals surface area contributed by atoms with Gasteiger partial charge in [0.25, 0.3) is 0 Å². The summed E-state index contributed by atoms with van der Waals surface area (Å²) in [6, 6.07) is 0. The molecule has 0 spiro atoms. The highest BCUT2D eigenvalue weighted by molar-refractivity contribution is 6.36. The molecule has 1 aromatic carbocycles. The summed E-state index contributed by atoms with van der Waals surface area (Å²) in [6.45, 7) is 7.19. The third-order valence-corrected chi connectivity index (χ3v) is 6.14. The van der Waals surface area contributed by atoms with Crippen molar-refractivity contribution in [3.05, 3.63) is 32.8 Å². The monoisotopic (exact) mass is 380 g/mol. The first-order valence-electron chi connectivity index (χ1n) is 7.47. The van der Waals surface area contributed by atoms with Gasteiger partial charge in [0.2, 0.25) is 0 Å². The van der Waals surface area contributed by atoms with Crippen LogP contribution in [0.25, 0.3) is 0 Å². The molecule has 1 aromatic rings. The summed E-state index contributed by atoms with van der Waals surface area (Å²) in [5.74, 6) is -2.64. The van der Waals surface area contributed by atoms with Crippen LogP contribution in [0.15, 0.2) is 0 Å². The highest BCUT2D eigenvalue weighted by atomic mass is 35.5. The summed E-state index contributed by atoms with van der Waals surface area (Å²) in [6.07, 6.45) is 0. The quantitative estimate of drug-likeness (QED) is 0.523. The fourth-order valence-corrected chi connectivity index (χ4v) is 3.71. The van der Waals surface area contributed by atoms with Gasteiger partial charge in [0.05, 0.1) is 28.1 Å². The van der Waals surface area contributed by atoms with Gasteiger partial charge >= 0.3 is 5.97 Å². The first-order valence-corrected chi connectivity index (χ1v) is 8.23. The predicted octanol–water partition coefficient (Wildman–Crippen LogP) is 5.14. The molecule has 0 atom stereocenters. The van der Waals surface area contributed by atoms with Crippen molar-refractivity contribution >= 4 is 29.2 Å². The molecule has 1 aliphatic rings. The average Bonchev–Trinajstić information content (AvgIpc) is 2.91. The van der Waals surface area contributed by atoms with Gasteiger partial charge in [-0.3, -0.25) is 4.79 Å². The van der Waals surface area contributed by atoms with Crippen LogP contribution in [0.4, 0.5) is 8.78 Å². The lowest BCUT2D eigenvalue weighted by atomic mass is 10.0. The highest BCUT2D eigenvalue weighted by Gasteiger charge is 2.69. The number of ether oxygens (including phenoxy) is 2. The Morgan fingerprint density at radius 2 is 1.46 bits per heavy atom. The molecule has 134 valence electrons. The van der Waals surface area contributed by atoms with Crippen molar-refractivity contribution in [3.63, 3.8) is 0 Å². The molecule has 7 heteroatoms. The van der Waals surface area contributed by atoms with Gasteiger partial charge in [0, 0.05) is 12.7 Å². The zero-order valence-corrected chi connectivity index (χ0v) is 15.7. The second-order valence-electron chi connectivity index (χ2n) is 7.13. The molecule has 0 radical (unpaired) electrons. The van der Waals surface area contributed by atoms with Gasteiger partial charge in [-0.05, 0) is 10.8 Å². The van der Waals surface area contributed by atoms with E-state index >= 15 is 0 Å². The highest BCUT2D eigenvalue weighted by Crippen LogP contribution is 2.68. The summed E-state index contributed by atoms with van der Waals surface area (Å²) in [5.41, 5.74) is -0.836. The van der Waals surface area contributed by atoms with Gasteiger partial charge in [0.15, 0.2) is 11.6 Å². The van der Waals surface area contributed by atoms with Crippen molar-refractivity contribution in [2.45, 2.75) is 40.9 Å². The van der Waals surface area contributed by atoms with Crippen LogP contribution in [-0.2, 0) is 27.5 Å². The molecular formula is C17H20Cl2F2O3. The molecule has 0 saturated heterocycles. The molecule has 1 aliphatic carbocycles. The molecule has 0 heterocycles. The molecule has 1 fully saturated rings. The maximum absolute atomic E-state index is 14.2. The van der Waals surface area contributed by atoms with Crippen LogP contribution in [0.2, 0.25) is 10.0 Å². The Morgan fingerprint density at radius 3 is 1.83 bits per heavy atom. The Hall–Kier alpha value is -0.910. The maximum Gasteiger partial charge on any atom is 0.310 e.